The lowest BCUT2D eigenvalue weighted by atomic mass is 10.2. The first-order valence-electron chi connectivity index (χ1n) is 10.1. The summed E-state index contributed by atoms with van der Waals surface area (Å²) < 4.78 is 28.9. The number of imidazole rings is 1. The van der Waals surface area contributed by atoms with Crippen LogP contribution in [0.25, 0.3) is 16.9 Å². The average molecular weight is 484 g/mol. The Balaban J connectivity index is 1.31. The molecule has 2 aromatic heterocycles. The van der Waals surface area contributed by atoms with Gasteiger partial charge in [0.2, 0.25) is 0 Å². The van der Waals surface area contributed by atoms with Gasteiger partial charge in [-0.1, -0.05) is 12.1 Å². The fourth-order valence-electron chi connectivity index (χ4n) is 3.84. The molecule has 1 fully saturated rings. The second-order valence-electron chi connectivity index (χ2n) is 7.61. The van der Waals surface area contributed by atoms with Crippen molar-refractivity contribution in [3.63, 3.8) is 0 Å². The summed E-state index contributed by atoms with van der Waals surface area (Å²) in [4.78, 5) is 9.26. The van der Waals surface area contributed by atoms with E-state index >= 15 is 0 Å². The fourth-order valence-corrected chi connectivity index (χ4v) is 4.42. The van der Waals surface area contributed by atoms with Crippen LogP contribution < -0.4 is 4.90 Å². The first kappa shape index (κ1) is 20.1. The van der Waals surface area contributed by atoms with Gasteiger partial charge in [0, 0.05) is 38.3 Å². The third-order valence-corrected chi connectivity index (χ3v) is 6.25. The molecule has 1 saturated heterocycles. The number of anilines is 1. The highest BCUT2D eigenvalue weighted by Crippen LogP contribution is 2.29. The van der Waals surface area contributed by atoms with Crippen molar-refractivity contribution in [2.24, 2.45) is 0 Å². The number of halogens is 3. The molecule has 0 radical (unpaired) electrons. The summed E-state index contributed by atoms with van der Waals surface area (Å²) >= 11 is 3.61. The molecule has 5 rings (SSSR count). The normalized spacial score (nSPS) is 15.0. The van der Waals surface area contributed by atoms with E-state index in [1.54, 1.807) is 16.6 Å². The predicted octanol–water partition coefficient (Wildman–Crippen LogP) is 4.76. The summed E-state index contributed by atoms with van der Waals surface area (Å²) in [5.74, 6) is 0.406. The second-order valence-corrected chi connectivity index (χ2v) is 8.36. The van der Waals surface area contributed by atoms with Gasteiger partial charge in [-0.15, -0.1) is 5.10 Å². The van der Waals surface area contributed by atoms with E-state index in [1.807, 2.05) is 24.3 Å². The maximum Gasteiger partial charge on any atom is 0.155 e. The lowest BCUT2D eigenvalue weighted by Crippen LogP contribution is -2.46. The molecule has 0 bridgehead atoms. The first-order chi connectivity index (χ1) is 15.1. The van der Waals surface area contributed by atoms with Crippen molar-refractivity contribution >= 4 is 27.4 Å². The lowest BCUT2D eigenvalue weighted by molar-refractivity contribution is 0.249. The maximum atomic E-state index is 13.3. The van der Waals surface area contributed by atoms with E-state index in [4.69, 9.17) is 5.10 Å². The summed E-state index contributed by atoms with van der Waals surface area (Å²) in [6, 6.07) is 16.9. The summed E-state index contributed by atoms with van der Waals surface area (Å²) in [6.07, 6.45) is 0. The highest BCUT2D eigenvalue weighted by molar-refractivity contribution is 9.10. The Hall–Kier alpha value is -2.84. The van der Waals surface area contributed by atoms with Gasteiger partial charge in [-0.2, -0.15) is 0 Å². The zero-order valence-corrected chi connectivity index (χ0v) is 18.3. The van der Waals surface area contributed by atoms with Gasteiger partial charge in [-0.05, 0) is 70.0 Å². The van der Waals surface area contributed by atoms with Crippen LogP contribution in [0, 0.1) is 11.6 Å². The molecule has 0 spiro atoms. The molecule has 0 unspecified atom stereocenters. The smallest absolute Gasteiger partial charge is 0.155 e. The molecule has 0 N–H and O–H groups in total. The number of piperazine rings is 1. The van der Waals surface area contributed by atoms with Gasteiger partial charge in [-0.25, -0.2) is 18.3 Å². The summed E-state index contributed by atoms with van der Waals surface area (Å²) in [7, 11) is 0. The molecular weight excluding hydrogens is 464 g/mol. The second kappa shape index (κ2) is 8.36. The number of rotatable bonds is 4. The number of nitrogens with zero attached hydrogens (tertiary/aromatic N) is 5. The minimum absolute atomic E-state index is 0.205. The van der Waals surface area contributed by atoms with Crippen molar-refractivity contribution in [2.45, 2.75) is 6.54 Å². The van der Waals surface area contributed by atoms with E-state index in [2.05, 4.69) is 30.7 Å². The van der Waals surface area contributed by atoms with Gasteiger partial charge in [0.25, 0.3) is 0 Å². The highest BCUT2D eigenvalue weighted by atomic mass is 79.9. The van der Waals surface area contributed by atoms with Gasteiger partial charge in [-0.3, -0.25) is 4.90 Å². The Labute approximate surface area is 187 Å². The molecule has 1 aliphatic heterocycles. The van der Waals surface area contributed by atoms with Crippen LogP contribution in [0.15, 0.2) is 65.3 Å². The van der Waals surface area contributed by atoms with Gasteiger partial charge < -0.3 is 4.90 Å². The summed E-state index contributed by atoms with van der Waals surface area (Å²) in [5.41, 5.74) is 3.40. The van der Waals surface area contributed by atoms with Crippen molar-refractivity contribution in [3.05, 3.63) is 82.5 Å². The standard InChI is InChI=1S/C23H20BrF2N5/c24-23-22(17-3-7-19(26)8-4-17)27-20-9-10-21(28-31(20)23)30-13-11-29(12-14-30)15-16-1-5-18(25)6-2-16/h1-10H,11-15H2. The summed E-state index contributed by atoms with van der Waals surface area (Å²) in [6.45, 7) is 4.34. The van der Waals surface area contributed by atoms with Gasteiger partial charge in [0.1, 0.15) is 27.7 Å². The molecule has 0 saturated carbocycles. The van der Waals surface area contributed by atoms with Crippen LogP contribution in [0.1, 0.15) is 5.56 Å². The number of hydrogen-bond acceptors (Lipinski definition) is 4. The Bertz CT molecular complexity index is 1200. The van der Waals surface area contributed by atoms with Crippen LogP contribution in [0.3, 0.4) is 0 Å². The molecule has 1 aliphatic rings. The maximum absolute atomic E-state index is 13.3. The van der Waals surface area contributed by atoms with Crippen molar-refractivity contribution in [3.8, 4) is 11.3 Å². The molecule has 0 aliphatic carbocycles. The lowest BCUT2D eigenvalue weighted by Gasteiger charge is -2.35. The molecule has 4 aromatic rings. The van der Waals surface area contributed by atoms with Crippen molar-refractivity contribution in [1.82, 2.24) is 19.5 Å². The Morgan fingerprint density at radius 2 is 1.45 bits per heavy atom. The molecule has 158 valence electrons. The van der Waals surface area contributed by atoms with E-state index in [1.165, 1.54) is 24.3 Å². The van der Waals surface area contributed by atoms with Crippen LogP contribution in [0.2, 0.25) is 0 Å². The van der Waals surface area contributed by atoms with Crippen molar-refractivity contribution < 1.29 is 8.78 Å². The highest BCUT2D eigenvalue weighted by Gasteiger charge is 2.20. The van der Waals surface area contributed by atoms with E-state index < -0.39 is 0 Å². The molecule has 31 heavy (non-hydrogen) atoms. The predicted molar refractivity (Wildman–Crippen MR) is 120 cm³/mol. The SMILES string of the molecule is Fc1ccc(CN2CCN(c3ccc4nc(-c5ccc(F)cc5)c(Br)n4n3)CC2)cc1. The zero-order chi connectivity index (χ0) is 21.4. The van der Waals surface area contributed by atoms with Gasteiger partial charge >= 0.3 is 0 Å². The van der Waals surface area contributed by atoms with Crippen molar-refractivity contribution in [2.75, 3.05) is 31.1 Å². The minimum Gasteiger partial charge on any atom is -0.353 e. The van der Waals surface area contributed by atoms with Crippen LogP contribution >= 0.6 is 15.9 Å². The number of benzene rings is 2. The topological polar surface area (TPSA) is 36.7 Å². The molecular formula is C23H20BrF2N5. The largest absolute Gasteiger partial charge is 0.353 e. The van der Waals surface area contributed by atoms with Crippen LogP contribution in [-0.2, 0) is 6.54 Å². The van der Waals surface area contributed by atoms with Gasteiger partial charge in [0.15, 0.2) is 5.65 Å². The quantitative estimate of drug-likeness (QED) is 0.419. The minimum atomic E-state index is -0.275. The molecule has 0 atom stereocenters. The van der Waals surface area contributed by atoms with E-state index in [0.29, 0.717) is 0 Å². The first-order valence-corrected chi connectivity index (χ1v) is 10.9. The Morgan fingerprint density at radius 3 is 2.13 bits per heavy atom. The number of fused-ring (bicyclic) bond motifs is 1. The van der Waals surface area contributed by atoms with Crippen LogP contribution in [-0.4, -0.2) is 45.7 Å². The Morgan fingerprint density at radius 1 is 0.806 bits per heavy atom. The summed E-state index contributed by atoms with van der Waals surface area (Å²) in [5, 5.41) is 4.78. The fraction of sp³-hybridized carbons (Fsp3) is 0.217. The Kier molecular flexibility index (Phi) is 5.41. The molecule has 3 heterocycles. The van der Waals surface area contributed by atoms with Crippen molar-refractivity contribution in [1.29, 1.82) is 0 Å². The number of aromatic nitrogens is 3. The molecule has 2 aromatic carbocycles. The van der Waals surface area contributed by atoms with E-state index in [9.17, 15) is 8.78 Å². The molecule has 5 nitrogen and oxygen atoms in total. The third-order valence-electron chi connectivity index (χ3n) is 5.54. The zero-order valence-electron chi connectivity index (χ0n) is 16.7. The van der Waals surface area contributed by atoms with E-state index in [-0.39, 0.29) is 11.6 Å². The third kappa shape index (κ3) is 4.18. The van der Waals surface area contributed by atoms with Crippen LogP contribution in [0.5, 0.6) is 0 Å². The average Bonchev–Trinajstić information content (AvgIpc) is 3.12. The molecule has 8 heteroatoms. The molecule has 0 amide bonds. The van der Waals surface area contributed by atoms with Gasteiger partial charge in [0.05, 0.1) is 0 Å². The monoisotopic (exact) mass is 483 g/mol. The van der Waals surface area contributed by atoms with Crippen LogP contribution in [0.4, 0.5) is 14.6 Å². The van der Waals surface area contributed by atoms with E-state index in [0.717, 1.165) is 65.6 Å². The number of hydrogen-bond donors (Lipinski definition) is 0.